The zero-order chi connectivity index (χ0) is 30.0. The van der Waals surface area contributed by atoms with Crippen LogP contribution in [0.3, 0.4) is 0 Å². The predicted octanol–water partition coefficient (Wildman–Crippen LogP) is 6.37. The van der Waals surface area contributed by atoms with Gasteiger partial charge in [0, 0.05) is 55.2 Å². The first kappa shape index (κ1) is 28.9. The van der Waals surface area contributed by atoms with Gasteiger partial charge in [-0.3, -0.25) is 14.3 Å². The molecule has 0 spiro atoms. The highest BCUT2D eigenvalue weighted by atomic mass is 32.2. The number of piperazine rings is 1. The third kappa shape index (κ3) is 6.27. The smallest absolute Gasteiger partial charge is 0.368 e. The third-order valence-corrected chi connectivity index (χ3v) is 9.08. The quantitative estimate of drug-likeness (QED) is 0.196. The van der Waals surface area contributed by atoms with Gasteiger partial charge in [-0.2, -0.15) is 13.2 Å². The molecule has 1 saturated heterocycles. The molecule has 8 nitrogen and oxygen atoms in total. The van der Waals surface area contributed by atoms with Gasteiger partial charge >= 0.3 is 6.18 Å². The van der Waals surface area contributed by atoms with Crippen LogP contribution in [0, 0.1) is 6.92 Å². The molecule has 1 aliphatic heterocycles. The molecule has 3 aromatic heterocycles. The standard InChI is InChI=1S/C30H26F3N7OS2/c1-20-6-2-3-10-25(20)40-27(21-7-5-11-34-17-21)36-37-29(40)43-19-26-35-24(18-42-26)28(41)39-14-12-38(13-15-39)23-9-4-8-22(16-23)30(31,32)33/h2-11,16-18H,12-15,19H2,1H3. The van der Waals surface area contributed by atoms with Crippen molar-refractivity contribution in [3.8, 4) is 17.1 Å². The molecular formula is C30H26F3N7OS2. The molecule has 4 heterocycles. The van der Waals surface area contributed by atoms with Crippen molar-refractivity contribution in [2.75, 3.05) is 31.1 Å². The summed E-state index contributed by atoms with van der Waals surface area (Å²) in [6.45, 7) is 3.71. The number of rotatable bonds is 7. The molecule has 6 rings (SSSR count). The Labute approximate surface area is 254 Å². The summed E-state index contributed by atoms with van der Waals surface area (Å²) in [6, 6.07) is 17.1. The number of carbonyl (C=O) groups is 1. The molecular weight excluding hydrogens is 596 g/mol. The normalized spacial score (nSPS) is 13.9. The number of amides is 1. The number of alkyl halides is 3. The van der Waals surface area contributed by atoms with Gasteiger partial charge in [-0.15, -0.1) is 21.5 Å². The lowest BCUT2D eigenvalue weighted by molar-refractivity contribution is -0.137. The second-order valence-corrected chi connectivity index (χ2v) is 11.8. The lowest BCUT2D eigenvalue weighted by atomic mass is 10.1. The van der Waals surface area contributed by atoms with E-state index in [1.807, 2.05) is 52.8 Å². The molecule has 1 fully saturated rings. The number of anilines is 1. The van der Waals surface area contributed by atoms with Gasteiger partial charge in [-0.05, 0) is 48.9 Å². The number of para-hydroxylation sites is 1. The lowest BCUT2D eigenvalue weighted by Gasteiger charge is -2.36. The maximum Gasteiger partial charge on any atom is 0.416 e. The van der Waals surface area contributed by atoms with E-state index >= 15 is 0 Å². The molecule has 0 atom stereocenters. The molecule has 0 bridgehead atoms. The topological polar surface area (TPSA) is 80.0 Å². The van der Waals surface area contributed by atoms with Crippen molar-refractivity contribution in [3.63, 3.8) is 0 Å². The van der Waals surface area contributed by atoms with Crippen molar-refractivity contribution in [2.24, 2.45) is 0 Å². The molecule has 5 aromatic rings. The number of carbonyl (C=O) groups excluding carboxylic acids is 1. The van der Waals surface area contributed by atoms with Crippen molar-refractivity contribution in [1.29, 1.82) is 0 Å². The Morgan fingerprint density at radius 3 is 2.56 bits per heavy atom. The number of pyridine rings is 1. The highest BCUT2D eigenvalue weighted by Gasteiger charge is 2.31. The van der Waals surface area contributed by atoms with Crippen molar-refractivity contribution in [3.05, 3.63) is 100 Å². The van der Waals surface area contributed by atoms with Crippen LogP contribution >= 0.6 is 23.1 Å². The van der Waals surface area contributed by atoms with E-state index in [9.17, 15) is 18.0 Å². The molecule has 43 heavy (non-hydrogen) atoms. The molecule has 0 N–H and O–H groups in total. The number of nitrogens with zero attached hydrogens (tertiary/aromatic N) is 7. The Bertz CT molecular complexity index is 1730. The molecule has 0 radical (unpaired) electrons. The van der Waals surface area contributed by atoms with E-state index in [2.05, 4.69) is 20.2 Å². The van der Waals surface area contributed by atoms with Crippen molar-refractivity contribution in [1.82, 2.24) is 29.6 Å². The lowest BCUT2D eigenvalue weighted by Crippen LogP contribution is -2.49. The van der Waals surface area contributed by atoms with E-state index in [-0.39, 0.29) is 5.91 Å². The molecule has 220 valence electrons. The summed E-state index contributed by atoms with van der Waals surface area (Å²) in [5, 5.41) is 12.2. The first-order valence-electron chi connectivity index (χ1n) is 13.5. The predicted molar refractivity (Wildman–Crippen MR) is 161 cm³/mol. The Kier molecular flexibility index (Phi) is 8.17. The number of halogens is 3. The van der Waals surface area contributed by atoms with Crippen LogP contribution in [-0.4, -0.2) is 61.7 Å². The average molecular weight is 622 g/mol. The largest absolute Gasteiger partial charge is 0.416 e. The van der Waals surface area contributed by atoms with E-state index < -0.39 is 11.7 Å². The van der Waals surface area contributed by atoms with Crippen LogP contribution in [0.2, 0.25) is 0 Å². The number of hydrogen-bond donors (Lipinski definition) is 0. The average Bonchev–Trinajstić information content (AvgIpc) is 3.68. The number of thiazole rings is 1. The minimum Gasteiger partial charge on any atom is -0.368 e. The summed E-state index contributed by atoms with van der Waals surface area (Å²) in [5.41, 5.74) is 3.07. The van der Waals surface area contributed by atoms with Gasteiger partial charge in [0.15, 0.2) is 11.0 Å². The zero-order valence-electron chi connectivity index (χ0n) is 23.0. The van der Waals surface area contributed by atoms with Gasteiger partial charge in [0.2, 0.25) is 0 Å². The monoisotopic (exact) mass is 621 g/mol. The Morgan fingerprint density at radius 2 is 1.81 bits per heavy atom. The van der Waals surface area contributed by atoms with E-state index in [1.165, 1.54) is 29.2 Å². The van der Waals surface area contributed by atoms with Crippen molar-refractivity contribution in [2.45, 2.75) is 24.0 Å². The van der Waals surface area contributed by atoms with E-state index in [1.54, 1.807) is 28.7 Å². The molecule has 1 aliphatic rings. The second kappa shape index (κ2) is 12.2. The van der Waals surface area contributed by atoms with Crippen LogP contribution in [0.15, 0.2) is 83.6 Å². The summed E-state index contributed by atoms with van der Waals surface area (Å²) < 4.78 is 41.4. The first-order valence-corrected chi connectivity index (χ1v) is 15.3. The minimum absolute atomic E-state index is 0.182. The fraction of sp³-hybridized carbons (Fsp3) is 0.233. The Morgan fingerprint density at radius 1 is 1.00 bits per heavy atom. The highest BCUT2D eigenvalue weighted by molar-refractivity contribution is 7.98. The molecule has 0 unspecified atom stereocenters. The SMILES string of the molecule is Cc1ccccc1-n1c(SCc2nc(C(=O)N3CCN(c4cccc(C(F)(F)F)c4)CC3)cs2)nnc1-c1cccnc1. The summed E-state index contributed by atoms with van der Waals surface area (Å²) in [5.74, 6) is 1.00. The van der Waals surface area contributed by atoms with E-state index in [0.29, 0.717) is 54.3 Å². The maximum atomic E-state index is 13.2. The summed E-state index contributed by atoms with van der Waals surface area (Å²) in [7, 11) is 0. The second-order valence-electron chi connectivity index (χ2n) is 9.91. The fourth-order valence-corrected chi connectivity index (χ4v) is 6.62. The third-order valence-electron chi connectivity index (χ3n) is 7.11. The Hall–Kier alpha value is -4.23. The van der Waals surface area contributed by atoms with Crippen LogP contribution < -0.4 is 4.90 Å². The van der Waals surface area contributed by atoms with Gasteiger partial charge in [0.1, 0.15) is 10.7 Å². The summed E-state index contributed by atoms with van der Waals surface area (Å²) in [6.07, 6.45) is -0.928. The molecule has 0 aliphatic carbocycles. The summed E-state index contributed by atoms with van der Waals surface area (Å²) >= 11 is 2.89. The van der Waals surface area contributed by atoms with Gasteiger partial charge in [-0.1, -0.05) is 36.0 Å². The minimum atomic E-state index is -4.40. The number of hydrogen-bond acceptors (Lipinski definition) is 8. The van der Waals surface area contributed by atoms with Crippen LogP contribution in [0.4, 0.5) is 18.9 Å². The number of aromatic nitrogens is 5. The number of benzene rings is 2. The van der Waals surface area contributed by atoms with Crippen molar-refractivity contribution >= 4 is 34.7 Å². The molecule has 1 amide bonds. The fourth-order valence-electron chi connectivity index (χ4n) is 4.89. The number of thioether (sulfide) groups is 1. The van der Waals surface area contributed by atoms with Crippen LogP contribution in [0.5, 0.6) is 0 Å². The van der Waals surface area contributed by atoms with Crippen LogP contribution in [0.25, 0.3) is 17.1 Å². The molecule has 0 saturated carbocycles. The van der Waals surface area contributed by atoms with E-state index in [0.717, 1.165) is 34.0 Å². The molecule has 2 aromatic carbocycles. The zero-order valence-corrected chi connectivity index (χ0v) is 24.7. The first-order chi connectivity index (χ1) is 20.8. The van der Waals surface area contributed by atoms with Gasteiger partial charge in [0.05, 0.1) is 17.0 Å². The number of aryl methyl sites for hydroxylation is 1. The van der Waals surface area contributed by atoms with Crippen LogP contribution in [0.1, 0.15) is 26.6 Å². The van der Waals surface area contributed by atoms with Gasteiger partial charge < -0.3 is 9.80 Å². The van der Waals surface area contributed by atoms with Gasteiger partial charge in [0.25, 0.3) is 5.91 Å². The maximum absolute atomic E-state index is 13.2. The highest BCUT2D eigenvalue weighted by Crippen LogP contribution is 2.33. The van der Waals surface area contributed by atoms with Gasteiger partial charge in [-0.25, -0.2) is 4.98 Å². The Balaban J connectivity index is 1.12. The summed E-state index contributed by atoms with van der Waals surface area (Å²) in [4.78, 5) is 25.6. The van der Waals surface area contributed by atoms with E-state index in [4.69, 9.17) is 0 Å². The molecule has 13 heteroatoms. The van der Waals surface area contributed by atoms with Crippen molar-refractivity contribution < 1.29 is 18.0 Å². The van der Waals surface area contributed by atoms with Crippen LogP contribution in [-0.2, 0) is 11.9 Å².